The summed E-state index contributed by atoms with van der Waals surface area (Å²) in [5.74, 6) is -0.00241. The van der Waals surface area contributed by atoms with E-state index in [2.05, 4.69) is 14.9 Å². The summed E-state index contributed by atoms with van der Waals surface area (Å²) in [5.41, 5.74) is 0.519. The van der Waals surface area contributed by atoms with Crippen LogP contribution >= 0.6 is 0 Å². The number of likely N-dealkylation sites (tertiary alicyclic amines) is 1. The lowest BCUT2D eigenvalue weighted by atomic mass is 9.84. The molecule has 1 aromatic rings. The molecule has 2 aliphatic heterocycles. The number of hydrogen-bond donors (Lipinski definition) is 2. The number of nitrogens with one attached hydrogen (secondary N) is 2. The molecule has 138 valence electrons. The Kier molecular flexibility index (Phi) is 4.94. The van der Waals surface area contributed by atoms with Gasteiger partial charge in [0.25, 0.3) is 5.91 Å². The third-order valence-corrected chi connectivity index (χ3v) is 5.50. The van der Waals surface area contributed by atoms with Gasteiger partial charge in [-0.2, -0.15) is 5.10 Å². The molecule has 3 rings (SSSR count). The van der Waals surface area contributed by atoms with Crippen molar-refractivity contribution >= 4 is 21.7 Å². The highest BCUT2D eigenvalue weighted by molar-refractivity contribution is 7.88. The van der Waals surface area contributed by atoms with Gasteiger partial charge in [0.05, 0.1) is 19.0 Å². The minimum absolute atomic E-state index is 0.0853. The molecule has 2 aliphatic rings. The predicted octanol–water partition coefficient (Wildman–Crippen LogP) is -0.361. The van der Waals surface area contributed by atoms with E-state index in [1.54, 1.807) is 4.90 Å². The van der Waals surface area contributed by atoms with Crippen LogP contribution in [-0.2, 0) is 14.8 Å². The van der Waals surface area contributed by atoms with Crippen molar-refractivity contribution in [1.29, 1.82) is 0 Å². The number of Topliss-reactive ketones (excluding diaryl/α,β-unsaturated/α-hetero) is 1. The summed E-state index contributed by atoms with van der Waals surface area (Å²) in [6.07, 6.45) is 1.67. The second-order valence-electron chi connectivity index (χ2n) is 6.68. The largest absolute Gasteiger partial charge is 0.376 e. The fraction of sp³-hybridized carbons (Fsp3) is 0.667. The number of fused-ring (bicyclic) bond motifs is 1. The number of aromatic nitrogens is 2. The van der Waals surface area contributed by atoms with Gasteiger partial charge in [0, 0.05) is 32.5 Å². The van der Waals surface area contributed by atoms with E-state index in [0.717, 1.165) is 12.7 Å². The van der Waals surface area contributed by atoms with E-state index in [9.17, 15) is 18.0 Å². The molecule has 1 aromatic heterocycles. The van der Waals surface area contributed by atoms with Crippen molar-refractivity contribution in [3.8, 4) is 0 Å². The maximum absolute atomic E-state index is 12.6. The minimum Gasteiger partial charge on any atom is -0.376 e. The summed E-state index contributed by atoms with van der Waals surface area (Å²) in [4.78, 5) is 25.7. The van der Waals surface area contributed by atoms with E-state index in [4.69, 9.17) is 4.74 Å². The van der Waals surface area contributed by atoms with E-state index in [-0.39, 0.29) is 41.6 Å². The Morgan fingerprint density at radius 2 is 2.24 bits per heavy atom. The van der Waals surface area contributed by atoms with Crippen LogP contribution < -0.4 is 4.72 Å². The van der Waals surface area contributed by atoms with Crippen LogP contribution in [0.1, 0.15) is 34.3 Å². The van der Waals surface area contributed by atoms with Crippen LogP contribution in [0, 0.1) is 11.8 Å². The molecule has 25 heavy (non-hydrogen) atoms. The molecular formula is C15H22N4O5S. The molecule has 0 radical (unpaired) electrons. The third kappa shape index (κ3) is 4.07. The second kappa shape index (κ2) is 6.85. The summed E-state index contributed by atoms with van der Waals surface area (Å²) in [5, 5.41) is 6.46. The Labute approximate surface area is 146 Å². The third-order valence-electron chi connectivity index (χ3n) is 4.81. The number of nitrogens with zero attached hydrogens (tertiary/aromatic N) is 2. The van der Waals surface area contributed by atoms with Crippen molar-refractivity contribution in [2.75, 3.05) is 32.5 Å². The maximum atomic E-state index is 12.6. The zero-order chi connectivity index (χ0) is 18.2. The number of ketones is 1. The Hall–Kier alpha value is -1.78. The number of aromatic amines is 1. The van der Waals surface area contributed by atoms with Crippen molar-refractivity contribution in [2.24, 2.45) is 11.8 Å². The van der Waals surface area contributed by atoms with Gasteiger partial charge >= 0.3 is 0 Å². The van der Waals surface area contributed by atoms with Gasteiger partial charge in [-0.25, -0.2) is 13.1 Å². The highest BCUT2D eigenvalue weighted by atomic mass is 32.2. The van der Waals surface area contributed by atoms with E-state index >= 15 is 0 Å². The Bertz CT molecular complexity index is 775. The van der Waals surface area contributed by atoms with Crippen LogP contribution in [0.3, 0.4) is 0 Å². The van der Waals surface area contributed by atoms with Gasteiger partial charge in [-0.1, -0.05) is 0 Å². The molecule has 2 fully saturated rings. The van der Waals surface area contributed by atoms with Crippen LogP contribution in [-0.4, -0.2) is 73.8 Å². The molecular weight excluding hydrogens is 348 g/mol. The number of carbonyl (C=O) groups is 2. The lowest BCUT2D eigenvalue weighted by Gasteiger charge is -2.35. The van der Waals surface area contributed by atoms with Crippen LogP contribution in [0.5, 0.6) is 0 Å². The zero-order valence-corrected chi connectivity index (χ0v) is 15.0. The Morgan fingerprint density at radius 1 is 1.48 bits per heavy atom. The molecule has 0 saturated carbocycles. The van der Waals surface area contributed by atoms with Crippen molar-refractivity contribution in [3.63, 3.8) is 0 Å². The first-order chi connectivity index (χ1) is 11.7. The Balaban J connectivity index is 1.66. The number of H-pyrrole nitrogens is 1. The van der Waals surface area contributed by atoms with E-state index in [0.29, 0.717) is 25.6 Å². The molecule has 3 heterocycles. The SMILES string of the molecule is CC(=O)c1cc(C(=O)N2CC[C@H]3CO[C@H](CNS(C)(=O)=O)[C@H]3C2)[nH]n1. The highest BCUT2D eigenvalue weighted by Crippen LogP contribution is 2.34. The summed E-state index contributed by atoms with van der Waals surface area (Å²) in [6, 6.07) is 1.46. The predicted molar refractivity (Wildman–Crippen MR) is 88.7 cm³/mol. The van der Waals surface area contributed by atoms with Crippen LogP contribution in [0.25, 0.3) is 0 Å². The van der Waals surface area contributed by atoms with Gasteiger partial charge in [0.2, 0.25) is 10.0 Å². The molecule has 9 nitrogen and oxygen atoms in total. The normalized spacial score (nSPS) is 26.5. The number of carbonyl (C=O) groups excluding carboxylic acids is 2. The summed E-state index contributed by atoms with van der Waals surface area (Å²) < 4.78 is 30.8. The van der Waals surface area contributed by atoms with Gasteiger partial charge in [-0.05, 0) is 18.4 Å². The lowest BCUT2D eigenvalue weighted by molar-refractivity contribution is 0.0558. The molecule has 1 amide bonds. The van der Waals surface area contributed by atoms with Gasteiger partial charge in [0.15, 0.2) is 5.78 Å². The molecule has 2 saturated heterocycles. The lowest BCUT2D eigenvalue weighted by Crippen LogP contribution is -2.47. The molecule has 10 heteroatoms. The summed E-state index contributed by atoms with van der Waals surface area (Å²) >= 11 is 0. The maximum Gasteiger partial charge on any atom is 0.271 e. The van der Waals surface area contributed by atoms with Crippen LogP contribution in [0.15, 0.2) is 6.07 Å². The standard InChI is InChI=1S/C15H22N4O5S/c1-9(20)12-5-13(18-17-12)15(21)19-4-3-10-8-24-14(11(10)7-19)6-16-25(2,22)23/h5,10-11,14,16H,3-4,6-8H2,1-2H3,(H,17,18)/t10-,11-,14+/m0/s1. The van der Waals surface area contributed by atoms with E-state index in [1.165, 1.54) is 13.0 Å². The minimum atomic E-state index is -3.28. The average molecular weight is 370 g/mol. The number of hydrogen-bond acceptors (Lipinski definition) is 6. The summed E-state index contributed by atoms with van der Waals surface area (Å²) in [7, 11) is -3.28. The summed E-state index contributed by atoms with van der Waals surface area (Å²) in [6.45, 7) is 3.28. The number of ether oxygens (including phenoxy) is 1. The molecule has 0 spiro atoms. The van der Waals surface area contributed by atoms with Crippen molar-refractivity contribution in [2.45, 2.75) is 19.4 Å². The number of piperidine rings is 1. The molecule has 0 aliphatic carbocycles. The van der Waals surface area contributed by atoms with Crippen molar-refractivity contribution in [1.82, 2.24) is 19.8 Å². The van der Waals surface area contributed by atoms with E-state index < -0.39 is 10.0 Å². The molecule has 0 aromatic carbocycles. The topological polar surface area (TPSA) is 121 Å². The van der Waals surface area contributed by atoms with E-state index in [1.807, 2.05) is 0 Å². The quantitative estimate of drug-likeness (QED) is 0.683. The number of sulfonamides is 1. The number of rotatable bonds is 5. The van der Waals surface area contributed by atoms with Crippen LogP contribution in [0.2, 0.25) is 0 Å². The first-order valence-electron chi connectivity index (χ1n) is 8.16. The number of amides is 1. The molecule has 3 atom stereocenters. The second-order valence-corrected chi connectivity index (χ2v) is 8.51. The van der Waals surface area contributed by atoms with Gasteiger partial charge in [0.1, 0.15) is 11.4 Å². The fourth-order valence-electron chi connectivity index (χ4n) is 3.44. The molecule has 0 unspecified atom stereocenters. The van der Waals surface area contributed by atoms with Crippen molar-refractivity contribution in [3.05, 3.63) is 17.5 Å². The van der Waals surface area contributed by atoms with Crippen LogP contribution in [0.4, 0.5) is 0 Å². The molecule has 2 N–H and O–H groups in total. The molecule has 0 bridgehead atoms. The fourth-order valence-corrected chi connectivity index (χ4v) is 3.91. The van der Waals surface area contributed by atoms with Gasteiger partial charge in [-0.15, -0.1) is 0 Å². The first kappa shape index (κ1) is 18.0. The van der Waals surface area contributed by atoms with Gasteiger partial charge < -0.3 is 9.64 Å². The van der Waals surface area contributed by atoms with Crippen molar-refractivity contribution < 1.29 is 22.7 Å². The first-order valence-corrected chi connectivity index (χ1v) is 10.1. The smallest absolute Gasteiger partial charge is 0.271 e. The monoisotopic (exact) mass is 370 g/mol. The van der Waals surface area contributed by atoms with Gasteiger partial charge in [-0.3, -0.25) is 14.7 Å². The zero-order valence-electron chi connectivity index (χ0n) is 14.2. The Morgan fingerprint density at radius 3 is 2.88 bits per heavy atom. The highest BCUT2D eigenvalue weighted by Gasteiger charge is 2.42. The average Bonchev–Trinajstić information content (AvgIpc) is 3.18.